The maximum Gasteiger partial charge on any atom is 0.142 e. The molecule has 2 rings (SSSR count). The molecule has 3 unspecified atom stereocenters. The topological polar surface area (TPSA) is 20.3 Å². The van der Waals surface area contributed by atoms with Gasteiger partial charge < -0.3 is 4.90 Å². The highest BCUT2D eigenvalue weighted by Gasteiger charge is 2.38. The summed E-state index contributed by atoms with van der Waals surface area (Å²) >= 11 is 0. The molecule has 0 aromatic carbocycles. The molecule has 0 spiro atoms. The number of ketones is 1. The number of Topliss-reactive ketones (excluding diaryl/α,β-unsaturated/α-hetero) is 1. The fourth-order valence-electron chi connectivity index (χ4n) is 4.02. The van der Waals surface area contributed by atoms with Crippen LogP contribution in [0.4, 0.5) is 0 Å². The van der Waals surface area contributed by atoms with Gasteiger partial charge in [0.15, 0.2) is 0 Å². The first-order chi connectivity index (χ1) is 8.38. The van der Waals surface area contributed by atoms with Crippen molar-refractivity contribution in [2.75, 3.05) is 19.6 Å². The first-order valence-electron chi connectivity index (χ1n) is 7.65. The molecule has 0 aromatic heterocycles. The summed E-state index contributed by atoms with van der Waals surface area (Å²) < 4.78 is 0. The van der Waals surface area contributed by atoms with Gasteiger partial charge in [0.1, 0.15) is 5.78 Å². The molecule has 104 valence electrons. The molecule has 1 saturated carbocycles. The average molecular weight is 251 g/mol. The summed E-state index contributed by atoms with van der Waals surface area (Å²) in [7, 11) is 0. The minimum Gasteiger partial charge on any atom is -0.302 e. The summed E-state index contributed by atoms with van der Waals surface area (Å²) in [4.78, 5) is 15.0. The largest absolute Gasteiger partial charge is 0.302 e. The smallest absolute Gasteiger partial charge is 0.142 e. The minimum atomic E-state index is -0.0735. The van der Waals surface area contributed by atoms with E-state index < -0.39 is 0 Å². The summed E-state index contributed by atoms with van der Waals surface area (Å²) in [5, 5.41) is 0. The van der Waals surface area contributed by atoms with Crippen LogP contribution in [-0.4, -0.2) is 30.3 Å². The molecule has 2 fully saturated rings. The highest BCUT2D eigenvalue weighted by molar-refractivity contribution is 5.87. The van der Waals surface area contributed by atoms with Crippen molar-refractivity contribution < 1.29 is 4.79 Å². The Balaban J connectivity index is 1.94. The Morgan fingerprint density at radius 3 is 2.44 bits per heavy atom. The third kappa shape index (κ3) is 3.14. The number of nitrogens with zero attached hydrogens (tertiary/aromatic N) is 1. The van der Waals surface area contributed by atoms with Crippen LogP contribution in [0.2, 0.25) is 0 Å². The molecule has 2 aliphatic rings. The zero-order valence-corrected chi connectivity index (χ0v) is 12.5. The van der Waals surface area contributed by atoms with Gasteiger partial charge in [-0.1, -0.05) is 34.1 Å². The zero-order chi connectivity index (χ0) is 13.3. The van der Waals surface area contributed by atoms with Crippen LogP contribution in [0.25, 0.3) is 0 Å². The number of rotatable bonds is 2. The van der Waals surface area contributed by atoms with Gasteiger partial charge in [-0.25, -0.2) is 0 Å². The van der Waals surface area contributed by atoms with Gasteiger partial charge in [0.2, 0.25) is 0 Å². The van der Waals surface area contributed by atoms with Crippen LogP contribution in [0.3, 0.4) is 0 Å². The summed E-state index contributed by atoms with van der Waals surface area (Å²) in [6, 6.07) is 0. The average Bonchev–Trinajstić information content (AvgIpc) is 2.23. The van der Waals surface area contributed by atoms with Crippen LogP contribution >= 0.6 is 0 Å². The third-order valence-corrected chi connectivity index (χ3v) is 4.82. The number of piperidine rings is 1. The van der Waals surface area contributed by atoms with E-state index in [4.69, 9.17) is 0 Å². The van der Waals surface area contributed by atoms with Gasteiger partial charge in [-0.3, -0.25) is 4.79 Å². The van der Waals surface area contributed by atoms with Gasteiger partial charge in [0.05, 0.1) is 0 Å². The summed E-state index contributed by atoms with van der Waals surface area (Å²) in [6.07, 6.45) is 4.76. The molecule has 18 heavy (non-hydrogen) atoms. The fraction of sp³-hybridized carbons (Fsp3) is 0.938. The Bertz CT molecular complexity index is 300. The van der Waals surface area contributed by atoms with E-state index in [-0.39, 0.29) is 5.41 Å². The van der Waals surface area contributed by atoms with E-state index >= 15 is 0 Å². The lowest BCUT2D eigenvalue weighted by atomic mass is 9.70. The van der Waals surface area contributed by atoms with Gasteiger partial charge in [-0.15, -0.1) is 0 Å². The Hall–Kier alpha value is -0.370. The first kappa shape index (κ1) is 14.0. The van der Waals surface area contributed by atoms with E-state index in [1.54, 1.807) is 0 Å². The normalized spacial score (nSPS) is 37.8. The molecule has 1 aliphatic heterocycles. The molecule has 0 N–H and O–H groups in total. The quantitative estimate of drug-likeness (QED) is 0.750. The number of likely N-dealkylation sites (tertiary alicyclic amines) is 1. The standard InChI is InChI=1S/C16H29NO/c1-12-8-13(2)10-17(9-12)11-14-6-5-7-16(3,4)15(14)18/h12-14H,5-11H2,1-4H3. The number of carbonyl (C=O) groups excluding carboxylic acids is 1. The maximum atomic E-state index is 12.5. The third-order valence-electron chi connectivity index (χ3n) is 4.82. The minimum absolute atomic E-state index is 0.0735. The van der Waals surface area contributed by atoms with E-state index in [9.17, 15) is 4.79 Å². The van der Waals surface area contributed by atoms with Gasteiger partial charge in [0.25, 0.3) is 0 Å². The van der Waals surface area contributed by atoms with Crippen LogP contribution in [-0.2, 0) is 4.79 Å². The van der Waals surface area contributed by atoms with Crippen molar-refractivity contribution in [1.82, 2.24) is 4.90 Å². The van der Waals surface area contributed by atoms with Crippen molar-refractivity contribution in [3.05, 3.63) is 0 Å². The highest BCUT2D eigenvalue weighted by Crippen LogP contribution is 2.36. The van der Waals surface area contributed by atoms with Gasteiger partial charge >= 0.3 is 0 Å². The van der Waals surface area contributed by atoms with Crippen LogP contribution in [0.15, 0.2) is 0 Å². The second-order valence-corrected chi connectivity index (χ2v) is 7.50. The Morgan fingerprint density at radius 2 is 1.83 bits per heavy atom. The van der Waals surface area contributed by atoms with Crippen LogP contribution < -0.4 is 0 Å². The van der Waals surface area contributed by atoms with Crippen molar-refractivity contribution in [2.24, 2.45) is 23.2 Å². The number of carbonyl (C=O) groups is 1. The molecule has 3 atom stereocenters. The first-order valence-corrected chi connectivity index (χ1v) is 7.65. The molecule has 1 saturated heterocycles. The molecule has 2 heteroatoms. The molecule has 0 bridgehead atoms. The second-order valence-electron chi connectivity index (χ2n) is 7.50. The number of hydrogen-bond acceptors (Lipinski definition) is 2. The van der Waals surface area contributed by atoms with Gasteiger partial charge in [-0.05, 0) is 31.1 Å². The van der Waals surface area contributed by atoms with Crippen molar-refractivity contribution >= 4 is 5.78 Å². The Morgan fingerprint density at radius 1 is 1.22 bits per heavy atom. The molecule has 1 heterocycles. The predicted octanol–water partition coefficient (Wildman–Crippen LogP) is 3.36. The molecule has 2 nitrogen and oxygen atoms in total. The maximum absolute atomic E-state index is 12.5. The van der Waals surface area contributed by atoms with E-state index in [1.807, 2.05) is 0 Å². The summed E-state index contributed by atoms with van der Waals surface area (Å²) in [6.45, 7) is 12.3. The lowest BCUT2D eigenvalue weighted by molar-refractivity contribution is -0.135. The lowest BCUT2D eigenvalue weighted by Crippen LogP contribution is -2.46. The van der Waals surface area contributed by atoms with Crippen molar-refractivity contribution in [1.29, 1.82) is 0 Å². The summed E-state index contributed by atoms with van der Waals surface area (Å²) in [5.74, 6) is 2.40. The van der Waals surface area contributed by atoms with E-state index in [0.717, 1.165) is 31.2 Å². The van der Waals surface area contributed by atoms with Crippen molar-refractivity contribution in [3.8, 4) is 0 Å². The Kier molecular flexibility index (Phi) is 4.15. The molecule has 0 aromatic rings. The fourth-order valence-corrected chi connectivity index (χ4v) is 4.02. The molecular formula is C16H29NO. The molecule has 0 amide bonds. The molecule has 1 aliphatic carbocycles. The van der Waals surface area contributed by atoms with Crippen molar-refractivity contribution in [2.45, 2.75) is 53.4 Å². The SMILES string of the molecule is CC1CC(C)CN(CC2CCCC(C)(C)C2=O)C1. The Labute approximate surface area is 112 Å². The number of hydrogen-bond donors (Lipinski definition) is 0. The van der Waals surface area contributed by atoms with Gasteiger partial charge in [-0.2, -0.15) is 0 Å². The van der Waals surface area contributed by atoms with Crippen LogP contribution in [0.5, 0.6) is 0 Å². The monoisotopic (exact) mass is 251 g/mol. The zero-order valence-electron chi connectivity index (χ0n) is 12.5. The summed E-state index contributed by atoms with van der Waals surface area (Å²) in [5.41, 5.74) is -0.0735. The van der Waals surface area contributed by atoms with E-state index in [2.05, 4.69) is 32.6 Å². The molecule has 0 radical (unpaired) electrons. The highest BCUT2D eigenvalue weighted by atomic mass is 16.1. The predicted molar refractivity (Wildman–Crippen MR) is 75.5 cm³/mol. The van der Waals surface area contributed by atoms with Gasteiger partial charge in [0, 0.05) is 31.0 Å². The van der Waals surface area contributed by atoms with E-state index in [1.165, 1.54) is 25.9 Å². The van der Waals surface area contributed by atoms with Crippen LogP contribution in [0.1, 0.15) is 53.4 Å². The lowest BCUT2D eigenvalue weighted by Gasteiger charge is -2.40. The second kappa shape index (κ2) is 5.32. The van der Waals surface area contributed by atoms with Crippen LogP contribution in [0, 0.1) is 23.2 Å². The van der Waals surface area contributed by atoms with Crippen molar-refractivity contribution in [3.63, 3.8) is 0 Å². The molecular weight excluding hydrogens is 222 g/mol. The van der Waals surface area contributed by atoms with E-state index in [0.29, 0.717) is 11.7 Å².